The standard InChI is InChI=1S/C21H30N4O.HI/c1-3-22-21(24-14-12-20-11-7-8-13-23-20)25-15-18(2)16-26-17-19-9-5-4-6-10-19;/h4-11,13,18H,3,12,14-17H2,1-2H3,(H2,22,24,25);1H. The first-order valence-electron chi connectivity index (χ1n) is 9.31. The van der Waals surface area contributed by atoms with Crippen molar-refractivity contribution in [2.45, 2.75) is 26.9 Å². The van der Waals surface area contributed by atoms with E-state index in [-0.39, 0.29) is 24.0 Å². The van der Waals surface area contributed by atoms with Crippen LogP contribution in [0, 0.1) is 5.92 Å². The summed E-state index contributed by atoms with van der Waals surface area (Å²) in [5, 5.41) is 6.65. The Morgan fingerprint density at radius 3 is 2.59 bits per heavy atom. The lowest BCUT2D eigenvalue weighted by atomic mass is 10.2. The highest BCUT2D eigenvalue weighted by atomic mass is 127. The van der Waals surface area contributed by atoms with Crippen LogP contribution < -0.4 is 10.6 Å². The van der Waals surface area contributed by atoms with Crippen LogP contribution in [0.3, 0.4) is 0 Å². The van der Waals surface area contributed by atoms with Crippen LogP contribution in [0.15, 0.2) is 59.7 Å². The molecule has 27 heavy (non-hydrogen) atoms. The van der Waals surface area contributed by atoms with E-state index < -0.39 is 0 Å². The van der Waals surface area contributed by atoms with E-state index in [4.69, 9.17) is 4.74 Å². The van der Waals surface area contributed by atoms with Gasteiger partial charge in [-0.15, -0.1) is 24.0 Å². The zero-order valence-electron chi connectivity index (χ0n) is 16.2. The van der Waals surface area contributed by atoms with E-state index >= 15 is 0 Å². The van der Waals surface area contributed by atoms with E-state index in [0.29, 0.717) is 19.1 Å². The van der Waals surface area contributed by atoms with Gasteiger partial charge in [0.15, 0.2) is 5.96 Å². The molecule has 0 spiro atoms. The number of guanidine groups is 1. The van der Waals surface area contributed by atoms with Crippen LogP contribution in [-0.2, 0) is 17.8 Å². The van der Waals surface area contributed by atoms with Gasteiger partial charge in [0.1, 0.15) is 0 Å². The summed E-state index contributed by atoms with van der Waals surface area (Å²) >= 11 is 0. The Morgan fingerprint density at radius 2 is 1.89 bits per heavy atom. The summed E-state index contributed by atoms with van der Waals surface area (Å²) in [6.07, 6.45) is 2.70. The van der Waals surface area contributed by atoms with Crippen molar-refractivity contribution in [1.82, 2.24) is 15.6 Å². The molecule has 2 rings (SSSR count). The summed E-state index contributed by atoms with van der Waals surface area (Å²) < 4.78 is 5.79. The van der Waals surface area contributed by atoms with Crippen molar-refractivity contribution < 1.29 is 4.74 Å². The number of hydrogen-bond acceptors (Lipinski definition) is 3. The first kappa shape index (κ1) is 23.4. The molecule has 1 aromatic carbocycles. The molecule has 2 aromatic rings. The maximum Gasteiger partial charge on any atom is 0.191 e. The van der Waals surface area contributed by atoms with Gasteiger partial charge in [0.05, 0.1) is 13.2 Å². The van der Waals surface area contributed by atoms with Gasteiger partial charge in [0.2, 0.25) is 0 Å². The van der Waals surface area contributed by atoms with Gasteiger partial charge in [-0.2, -0.15) is 0 Å². The molecular weight excluding hydrogens is 451 g/mol. The van der Waals surface area contributed by atoms with Crippen molar-refractivity contribution in [3.8, 4) is 0 Å². The van der Waals surface area contributed by atoms with Gasteiger partial charge in [0.25, 0.3) is 0 Å². The predicted molar refractivity (Wildman–Crippen MR) is 123 cm³/mol. The molecule has 0 amide bonds. The van der Waals surface area contributed by atoms with Gasteiger partial charge in [-0.25, -0.2) is 0 Å². The second-order valence-electron chi connectivity index (χ2n) is 6.32. The van der Waals surface area contributed by atoms with Gasteiger partial charge in [-0.05, 0) is 30.5 Å². The second kappa shape index (κ2) is 14.4. The molecule has 2 N–H and O–H groups in total. The normalized spacial score (nSPS) is 12.1. The maximum absolute atomic E-state index is 5.79. The van der Waals surface area contributed by atoms with Crippen molar-refractivity contribution >= 4 is 29.9 Å². The summed E-state index contributed by atoms with van der Waals surface area (Å²) in [5.41, 5.74) is 2.28. The topological polar surface area (TPSA) is 58.5 Å². The molecule has 0 aliphatic heterocycles. The molecule has 0 saturated carbocycles. The number of pyridine rings is 1. The van der Waals surface area contributed by atoms with Crippen LogP contribution >= 0.6 is 24.0 Å². The summed E-state index contributed by atoms with van der Waals surface area (Å²) in [4.78, 5) is 9.00. The van der Waals surface area contributed by atoms with Gasteiger partial charge < -0.3 is 15.4 Å². The Hall–Kier alpha value is -1.67. The summed E-state index contributed by atoms with van der Waals surface area (Å²) in [5.74, 6) is 1.21. The molecule has 0 fully saturated rings. The average Bonchev–Trinajstić information content (AvgIpc) is 2.68. The van der Waals surface area contributed by atoms with Crippen molar-refractivity contribution in [3.63, 3.8) is 0 Å². The molecule has 5 nitrogen and oxygen atoms in total. The van der Waals surface area contributed by atoms with Gasteiger partial charge in [0, 0.05) is 37.9 Å². The number of hydrogen-bond donors (Lipinski definition) is 2. The molecular formula is C21H31IN4O. The Kier molecular flexibility index (Phi) is 12.5. The molecule has 0 saturated heterocycles. The molecule has 1 aromatic heterocycles. The van der Waals surface area contributed by atoms with Crippen molar-refractivity contribution in [2.75, 3.05) is 26.2 Å². The number of aliphatic imine (C=N–C) groups is 1. The van der Waals surface area contributed by atoms with Gasteiger partial charge in [-0.3, -0.25) is 9.98 Å². The van der Waals surface area contributed by atoms with E-state index in [1.807, 2.05) is 42.6 Å². The van der Waals surface area contributed by atoms with Crippen molar-refractivity contribution in [2.24, 2.45) is 10.9 Å². The first-order chi connectivity index (χ1) is 12.8. The number of aromatic nitrogens is 1. The average molecular weight is 482 g/mol. The maximum atomic E-state index is 5.79. The molecule has 0 aliphatic rings. The minimum Gasteiger partial charge on any atom is -0.376 e. The third kappa shape index (κ3) is 10.3. The first-order valence-corrected chi connectivity index (χ1v) is 9.31. The molecule has 6 heteroatoms. The fraction of sp³-hybridized carbons (Fsp3) is 0.429. The van der Waals surface area contributed by atoms with Crippen LogP contribution in [0.4, 0.5) is 0 Å². The highest BCUT2D eigenvalue weighted by molar-refractivity contribution is 14.0. The smallest absolute Gasteiger partial charge is 0.191 e. The summed E-state index contributed by atoms with van der Waals surface area (Å²) in [7, 11) is 0. The van der Waals surface area contributed by atoms with Crippen LogP contribution in [0.1, 0.15) is 25.1 Å². The Labute approximate surface area is 180 Å². The monoisotopic (exact) mass is 482 g/mol. The number of nitrogens with one attached hydrogen (secondary N) is 2. The third-order valence-electron chi connectivity index (χ3n) is 3.82. The van der Waals surface area contributed by atoms with Gasteiger partial charge in [-0.1, -0.05) is 43.3 Å². The van der Waals surface area contributed by atoms with E-state index in [0.717, 1.165) is 37.7 Å². The SMILES string of the molecule is CCNC(=NCC(C)COCc1ccccc1)NCCc1ccccn1.I. The summed E-state index contributed by atoms with van der Waals surface area (Å²) in [6.45, 7) is 7.96. The van der Waals surface area contributed by atoms with Crippen LogP contribution in [0.25, 0.3) is 0 Å². The Bertz CT molecular complexity index is 637. The molecule has 0 aliphatic carbocycles. The zero-order chi connectivity index (χ0) is 18.5. The van der Waals surface area contributed by atoms with Crippen LogP contribution in [-0.4, -0.2) is 37.2 Å². The number of ether oxygens (including phenoxy) is 1. The zero-order valence-corrected chi connectivity index (χ0v) is 18.6. The summed E-state index contributed by atoms with van der Waals surface area (Å²) in [6, 6.07) is 16.2. The molecule has 1 heterocycles. The Balaban J connectivity index is 0.00000364. The highest BCUT2D eigenvalue weighted by Gasteiger charge is 2.04. The minimum absolute atomic E-state index is 0. The molecule has 148 valence electrons. The van der Waals surface area contributed by atoms with Gasteiger partial charge >= 0.3 is 0 Å². The largest absolute Gasteiger partial charge is 0.376 e. The predicted octanol–water partition coefficient (Wildman–Crippen LogP) is 3.65. The number of halogens is 1. The fourth-order valence-corrected chi connectivity index (χ4v) is 2.45. The number of nitrogens with zero attached hydrogens (tertiary/aromatic N) is 2. The molecule has 1 atom stereocenters. The lowest BCUT2D eigenvalue weighted by molar-refractivity contribution is 0.0945. The number of benzene rings is 1. The Morgan fingerprint density at radius 1 is 1.11 bits per heavy atom. The van der Waals surface area contributed by atoms with E-state index in [1.54, 1.807) is 0 Å². The highest BCUT2D eigenvalue weighted by Crippen LogP contribution is 2.03. The lowest BCUT2D eigenvalue weighted by Crippen LogP contribution is -2.38. The quantitative estimate of drug-likeness (QED) is 0.309. The third-order valence-corrected chi connectivity index (χ3v) is 3.82. The molecule has 0 bridgehead atoms. The van der Waals surface area contributed by atoms with E-state index in [1.165, 1.54) is 5.56 Å². The number of rotatable bonds is 10. The van der Waals surface area contributed by atoms with E-state index in [2.05, 4.69) is 46.6 Å². The molecule has 1 unspecified atom stereocenters. The van der Waals surface area contributed by atoms with Crippen LogP contribution in [0.2, 0.25) is 0 Å². The second-order valence-corrected chi connectivity index (χ2v) is 6.32. The lowest BCUT2D eigenvalue weighted by Gasteiger charge is -2.14. The van der Waals surface area contributed by atoms with Crippen molar-refractivity contribution in [1.29, 1.82) is 0 Å². The minimum atomic E-state index is 0. The molecule has 0 radical (unpaired) electrons. The fourth-order valence-electron chi connectivity index (χ4n) is 2.45. The van der Waals surface area contributed by atoms with Crippen LogP contribution in [0.5, 0.6) is 0 Å². The van der Waals surface area contributed by atoms with E-state index in [9.17, 15) is 0 Å². The van der Waals surface area contributed by atoms with Crippen molar-refractivity contribution in [3.05, 3.63) is 66.0 Å².